The first kappa shape index (κ1) is 35.7. The molecule has 10 nitrogen and oxygen atoms in total. The lowest BCUT2D eigenvalue weighted by Gasteiger charge is -2.21. The van der Waals surface area contributed by atoms with Crippen LogP contribution in [-0.4, -0.2) is 43.3 Å². The Labute approximate surface area is 283 Å². The molecule has 0 fully saturated rings. The van der Waals surface area contributed by atoms with Gasteiger partial charge in [-0.05, 0) is 79.3 Å². The van der Waals surface area contributed by atoms with E-state index in [1.807, 2.05) is 13.8 Å². The molecule has 0 unspecified atom stereocenters. The maximum atomic E-state index is 12.9. The van der Waals surface area contributed by atoms with E-state index in [1.165, 1.54) is 35.7 Å². The van der Waals surface area contributed by atoms with Gasteiger partial charge in [0.25, 0.3) is 11.1 Å². The highest BCUT2D eigenvalue weighted by Gasteiger charge is 2.18. The van der Waals surface area contributed by atoms with Crippen LogP contribution in [0, 0.1) is 27.7 Å². The van der Waals surface area contributed by atoms with Gasteiger partial charge in [0.15, 0.2) is 10.3 Å². The molecule has 2 aromatic heterocycles. The highest BCUT2D eigenvalue weighted by molar-refractivity contribution is 8.00. The highest BCUT2D eigenvalue weighted by atomic mass is 32.2. The number of carbonyl (C=O) groups is 2. The molecule has 0 radical (unpaired) electrons. The lowest BCUT2D eigenvalue weighted by atomic mass is 9.90. The van der Waals surface area contributed by atoms with Crippen LogP contribution in [0.1, 0.15) is 84.3 Å². The zero-order chi connectivity index (χ0) is 34.4. The SMILES string of the molecule is Cc1cc(=O)[nH]c(SCC(=O)Nc2c(C)cc(Cc3cc(C)c(NC(=O)CSc4nc(C)cc(=O)[nH]4)c(C(C)C)c3)cc2C(C)C)n1. The number of amides is 2. The number of aromatic nitrogens is 4. The lowest BCUT2D eigenvalue weighted by Crippen LogP contribution is -2.18. The van der Waals surface area contributed by atoms with E-state index in [0.29, 0.717) is 28.1 Å². The van der Waals surface area contributed by atoms with Crippen LogP contribution in [0.2, 0.25) is 0 Å². The summed E-state index contributed by atoms with van der Waals surface area (Å²) in [5, 5.41) is 7.02. The molecule has 4 N–H and O–H groups in total. The number of anilines is 2. The van der Waals surface area contributed by atoms with Crippen LogP contribution in [-0.2, 0) is 16.0 Å². The van der Waals surface area contributed by atoms with Crippen molar-refractivity contribution >= 4 is 46.7 Å². The van der Waals surface area contributed by atoms with E-state index in [0.717, 1.165) is 44.8 Å². The summed E-state index contributed by atoms with van der Waals surface area (Å²) in [7, 11) is 0. The number of benzene rings is 2. The van der Waals surface area contributed by atoms with Crippen LogP contribution in [0.25, 0.3) is 0 Å². The molecular weight excluding hydrogens is 633 g/mol. The second kappa shape index (κ2) is 15.6. The number of rotatable bonds is 12. The van der Waals surface area contributed by atoms with Gasteiger partial charge in [-0.2, -0.15) is 0 Å². The van der Waals surface area contributed by atoms with Crippen molar-refractivity contribution in [3.63, 3.8) is 0 Å². The number of thioether (sulfide) groups is 2. The van der Waals surface area contributed by atoms with E-state index >= 15 is 0 Å². The van der Waals surface area contributed by atoms with Crippen molar-refractivity contribution in [3.05, 3.63) is 102 Å². The number of H-pyrrole nitrogens is 2. The standard InChI is InChI=1S/C35H42N6O4S2/c1-18(2)26-14-24(9-20(5)32(26)38-30(44)16-46-34-36-22(7)11-28(42)40-34)13-25-10-21(6)33(27(15-25)19(3)4)39-31(45)17-47-35-37-23(8)12-29(43)41-35/h9-12,14-15,18-19H,13,16-17H2,1-8H3,(H,38,44)(H,39,45)(H,36,40,42)(H,37,41,43). The second-order valence-electron chi connectivity index (χ2n) is 12.3. The van der Waals surface area contributed by atoms with Crippen LogP contribution < -0.4 is 21.8 Å². The van der Waals surface area contributed by atoms with Crippen molar-refractivity contribution < 1.29 is 9.59 Å². The first-order valence-electron chi connectivity index (χ1n) is 15.5. The Morgan fingerprint density at radius 2 is 1.04 bits per heavy atom. The van der Waals surface area contributed by atoms with E-state index in [9.17, 15) is 19.2 Å². The molecule has 0 saturated heterocycles. The Kier molecular flexibility index (Phi) is 11.9. The average molecular weight is 675 g/mol. The van der Waals surface area contributed by atoms with Crippen molar-refractivity contribution in [1.82, 2.24) is 19.9 Å². The molecule has 0 aliphatic heterocycles. The zero-order valence-electron chi connectivity index (χ0n) is 28.1. The number of hydrogen-bond donors (Lipinski definition) is 4. The Morgan fingerprint density at radius 1 is 0.660 bits per heavy atom. The van der Waals surface area contributed by atoms with Crippen molar-refractivity contribution in [2.45, 2.75) is 84.0 Å². The monoisotopic (exact) mass is 674 g/mol. The maximum absolute atomic E-state index is 12.9. The molecule has 0 saturated carbocycles. The van der Waals surface area contributed by atoms with Gasteiger partial charge in [0.1, 0.15) is 0 Å². The summed E-state index contributed by atoms with van der Waals surface area (Å²) < 4.78 is 0. The minimum atomic E-state index is -0.241. The summed E-state index contributed by atoms with van der Waals surface area (Å²) in [6, 6.07) is 11.4. The van der Waals surface area contributed by atoms with Gasteiger partial charge in [0.05, 0.1) is 11.5 Å². The second-order valence-corrected chi connectivity index (χ2v) is 14.2. The summed E-state index contributed by atoms with van der Waals surface area (Å²) >= 11 is 2.38. The van der Waals surface area contributed by atoms with Crippen LogP contribution in [0.3, 0.4) is 0 Å². The summed E-state index contributed by atoms with van der Waals surface area (Å²) in [5.74, 6) is 0.228. The van der Waals surface area contributed by atoms with Gasteiger partial charge in [-0.15, -0.1) is 0 Å². The number of carbonyl (C=O) groups excluding carboxylic acids is 2. The van der Waals surface area contributed by atoms with Crippen molar-refractivity contribution in [3.8, 4) is 0 Å². The average Bonchev–Trinajstić information content (AvgIpc) is 2.96. The molecule has 2 amide bonds. The van der Waals surface area contributed by atoms with Crippen molar-refractivity contribution in [2.75, 3.05) is 22.1 Å². The number of aryl methyl sites for hydroxylation is 4. The Bertz CT molecular complexity index is 1780. The summed E-state index contributed by atoms with van der Waals surface area (Å²) in [4.78, 5) is 63.3. The molecule has 248 valence electrons. The molecular formula is C35H42N6O4S2. The molecule has 2 heterocycles. The largest absolute Gasteiger partial charge is 0.325 e. The van der Waals surface area contributed by atoms with Crippen LogP contribution >= 0.6 is 23.5 Å². The first-order chi connectivity index (χ1) is 22.2. The molecule has 12 heteroatoms. The third-order valence-electron chi connectivity index (χ3n) is 7.41. The van der Waals surface area contributed by atoms with Gasteiger partial charge in [-0.3, -0.25) is 19.2 Å². The van der Waals surface area contributed by atoms with Crippen LogP contribution in [0.4, 0.5) is 11.4 Å². The molecule has 4 rings (SSSR count). The minimum Gasteiger partial charge on any atom is -0.325 e. The fraction of sp³-hybridized carbons (Fsp3) is 0.371. The van der Waals surface area contributed by atoms with Gasteiger partial charge in [-0.25, -0.2) is 9.97 Å². The molecule has 2 aromatic carbocycles. The number of nitrogens with zero attached hydrogens (tertiary/aromatic N) is 2. The maximum Gasteiger partial charge on any atom is 0.251 e. The highest BCUT2D eigenvalue weighted by Crippen LogP contribution is 2.33. The van der Waals surface area contributed by atoms with Gasteiger partial charge in [0, 0.05) is 34.9 Å². The lowest BCUT2D eigenvalue weighted by molar-refractivity contribution is -0.114. The molecule has 4 aromatic rings. The van der Waals surface area contributed by atoms with Gasteiger partial charge < -0.3 is 20.6 Å². The third-order valence-corrected chi connectivity index (χ3v) is 9.16. The normalized spacial score (nSPS) is 11.3. The van der Waals surface area contributed by atoms with Crippen molar-refractivity contribution in [2.24, 2.45) is 0 Å². The van der Waals surface area contributed by atoms with E-state index in [2.05, 4.69) is 82.5 Å². The zero-order valence-corrected chi connectivity index (χ0v) is 29.7. The number of nitrogens with one attached hydrogen (secondary N) is 4. The third kappa shape index (κ3) is 9.92. The number of aromatic amines is 2. The summed E-state index contributed by atoms with van der Waals surface area (Å²) in [5.41, 5.74) is 8.62. The summed E-state index contributed by atoms with van der Waals surface area (Å²) in [6.45, 7) is 15.9. The van der Waals surface area contributed by atoms with Gasteiger partial charge in [-0.1, -0.05) is 75.5 Å². The minimum absolute atomic E-state index is 0.117. The van der Waals surface area contributed by atoms with Crippen LogP contribution in [0.15, 0.2) is 56.3 Å². The summed E-state index contributed by atoms with van der Waals surface area (Å²) in [6.07, 6.45) is 0.689. The van der Waals surface area contributed by atoms with E-state index in [4.69, 9.17) is 0 Å². The quantitative estimate of drug-likeness (QED) is 0.0998. The first-order valence-corrected chi connectivity index (χ1v) is 17.4. The molecule has 0 atom stereocenters. The Balaban J connectivity index is 1.49. The molecule has 47 heavy (non-hydrogen) atoms. The van der Waals surface area contributed by atoms with Gasteiger partial charge in [0.2, 0.25) is 11.8 Å². The predicted octanol–water partition coefficient (Wildman–Crippen LogP) is 6.39. The van der Waals surface area contributed by atoms with Crippen LogP contribution in [0.5, 0.6) is 0 Å². The van der Waals surface area contributed by atoms with E-state index in [-0.39, 0.29) is 46.3 Å². The van der Waals surface area contributed by atoms with E-state index < -0.39 is 0 Å². The topological polar surface area (TPSA) is 150 Å². The molecule has 0 spiro atoms. The van der Waals surface area contributed by atoms with Gasteiger partial charge >= 0.3 is 0 Å². The predicted molar refractivity (Wildman–Crippen MR) is 191 cm³/mol. The molecule has 0 bridgehead atoms. The van der Waals surface area contributed by atoms with Crippen molar-refractivity contribution in [1.29, 1.82) is 0 Å². The fourth-order valence-electron chi connectivity index (χ4n) is 5.33. The molecule has 0 aliphatic rings. The smallest absolute Gasteiger partial charge is 0.251 e. The number of hydrogen-bond acceptors (Lipinski definition) is 8. The van der Waals surface area contributed by atoms with E-state index in [1.54, 1.807) is 13.8 Å². The fourth-order valence-corrected chi connectivity index (χ4v) is 6.78. The Morgan fingerprint density at radius 3 is 1.38 bits per heavy atom. The molecule has 0 aliphatic carbocycles. The Hall–Kier alpha value is -4.16.